The van der Waals surface area contributed by atoms with Gasteiger partial charge < -0.3 is 0 Å². The van der Waals surface area contributed by atoms with Crippen LogP contribution < -0.4 is 0 Å². The summed E-state index contributed by atoms with van der Waals surface area (Å²) in [5.41, 5.74) is 1.04. The highest BCUT2D eigenvalue weighted by molar-refractivity contribution is 9.10. The van der Waals surface area contributed by atoms with Gasteiger partial charge >= 0.3 is 0 Å². The fraction of sp³-hybridized carbons (Fsp3) is 0.500. The smallest absolute Gasteiger partial charge is 0.0383 e. The molecule has 0 saturated carbocycles. The molecule has 0 aromatic carbocycles. The number of aromatic nitrogens is 1. The van der Waals surface area contributed by atoms with Crippen molar-refractivity contribution in [3.63, 3.8) is 0 Å². The Hall–Kier alpha value is -0.370. The Morgan fingerprint density at radius 1 is 1.17 bits per heavy atom. The Kier molecular flexibility index (Phi) is 12.6. The van der Waals surface area contributed by atoms with Crippen LogP contribution in [0.1, 0.15) is 33.4 Å². The summed E-state index contributed by atoms with van der Waals surface area (Å²) in [5.74, 6) is 0. The lowest BCUT2D eigenvalue weighted by Gasteiger charge is -1.88. The van der Waals surface area contributed by atoms with Crippen molar-refractivity contribution in [1.29, 1.82) is 0 Å². The van der Waals surface area contributed by atoms with Crippen LogP contribution >= 0.6 is 15.9 Å². The number of pyridine rings is 1. The summed E-state index contributed by atoms with van der Waals surface area (Å²) in [5, 5.41) is 0. The zero-order chi connectivity index (χ0) is 9.98. The third-order valence-electron chi connectivity index (χ3n) is 0.859. The van der Waals surface area contributed by atoms with Crippen LogP contribution in [0.15, 0.2) is 22.8 Å². The molecule has 0 atom stereocenters. The van der Waals surface area contributed by atoms with E-state index in [-0.39, 0.29) is 0 Å². The number of hydrogen-bond donors (Lipinski definition) is 0. The minimum absolute atomic E-state index is 1.04. The summed E-state index contributed by atoms with van der Waals surface area (Å²) in [6.07, 6.45) is 1.78. The molecule has 2 heteroatoms. The van der Waals surface area contributed by atoms with Crippen LogP contribution in [0, 0.1) is 6.92 Å². The topological polar surface area (TPSA) is 12.9 Å². The van der Waals surface area contributed by atoms with E-state index >= 15 is 0 Å². The second kappa shape index (κ2) is 10.6. The van der Waals surface area contributed by atoms with Crippen molar-refractivity contribution in [3.8, 4) is 0 Å². The Morgan fingerprint density at radius 3 is 1.92 bits per heavy atom. The number of rotatable bonds is 0. The summed E-state index contributed by atoms with van der Waals surface area (Å²) < 4.78 is 1.09. The van der Waals surface area contributed by atoms with Crippen molar-refractivity contribution in [2.75, 3.05) is 0 Å². The van der Waals surface area contributed by atoms with E-state index in [1.54, 1.807) is 6.20 Å². The molecule has 70 valence electrons. The van der Waals surface area contributed by atoms with Gasteiger partial charge in [0.25, 0.3) is 0 Å². The molecule has 1 nitrogen and oxygen atoms in total. The summed E-state index contributed by atoms with van der Waals surface area (Å²) >= 11 is 3.32. The van der Waals surface area contributed by atoms with Crippen LogP contribution in [-0.2, 0) is 0 Å². The first-order valence-electron chi connectivity index (χ1n) is 4.37. The van der Waals surface area contributed by atoms with Crippen LogP contribution in [0.2, 0.25) is 0 Å². The largest absolute Gasteiger partial charge is 0.262 e. The Labute approximate surface area is 84.4 Å². The van der Waals surface area contributed by atoms with Crippen LogP contribution in [-0.4, -0.2) is 4.98 Å². The lowest BCUT2D eigenvalue weighted by atomic mass is 10.4. The zero-order valence-electron chi connectivity index (χ0n) is 8.56. The first kappa shape index (κ1) is 14.2. The standard InChI is InChI=1S/C6H6BrN.2C2H6/c1-5-4-6(7)2-3-8-5;2*1-2/h2-4H,1H3;2*1-2H3. The van der Waals surface area contributed by atoms with Crippen molar-refractivity contribution < 1.29 is 0 Å². The molecule has 0 fully saturated rings. The summed E-state index contributed by atoms with van der Waals surface area (Å²) in [7, 11) is 0. The van der Waals surface area contributed by atoms with Crippen LogP contribution in [0.25, 0.3) is 0 Å². The molecule has 0 amide bonds. The fourth-order valence-electron chi connectivity index (χ4n) is 0.511. The molecule has 0 aliphatic rings. The minimum Gasteiger partial charge on any atom is -0.262 e. The maximum atomic E-state index is 4.01. The van der Waals surface area contributed by atoms with Gasteiger partial charge in [0.15, 0.2) is 0 Å². The van der Waals surface area contributed by atoms with Crippen molar-refractivity contribution >= 4 is 15.9 Å². The second-order valence-corrected chi connectivity index (χ2v) is 2.53. The third-order valence-corrected chi connectivity index (χ3v) is 1.35. The summed E-state index contributed by atoms with van der Waals surface area (Å²) in [6.45, 7) is 9.96. The second-order valence-electron chi connectivity index (χ2n) is 1.62. The molecule has 1 aromatic rings. The molecule has 0 aliphatic carbocycles. The van der Waals surface area contributed by atoms with Gasteiger partial charge in [-0.3, -0.25) is 4.98 Å². The van der Waals surface area contributed by atoms with E-state index in [9.17, 15) is 0 Å². The molecule has 1 heterocycles. The molecule has 0 radical (unpaired) electrons. The molecule has 0 saturated heterocycles. The first-order valence-corrected chi connectivity index (χ1v) is 5.16. The van der Waals surface area contributed by atoms with Crippen LogP contribution in [0.3, 0.4) is 0 Å². The molecular weight excluding hydrogens is 214 g/mol. The molecule has 0 unspecified atom stereocenters. The number of hydrogen-bond acceptors (Lipinski definition) is 1. The minimum atomic E-state index is 1.04. The van der Waals surface area contributed by atoms with E-state index in [0.717, 1.165) is 10.2 Å². The highest BCUT2D eigenvalue weighted by Crippen LogP contribution is 2.07. The molecule has 0 spiro atoms. The molecule has 0 aliphatic heterocycles. The van der Waals surface area contributed by atoms with Gasteiger partial charge in [-0.25, -0.2) is 0 Å². The van der Waals surface area contributed by atoms with Crippen molar-refractivity contribution in [2.24, 2.45) is 0 Å². The summed E-state index contributed by atoms with van der Waals surface area (Å²) in [4.78, 5) is 4.01. The van der Waals surface area contributed by atoms with Crippen molar-refractivity contribution in [2.45, 2.75) is 34.6 Å². The highest BCUT2D eigenvalue weighted by atomic mass is 79.9. The van der Waals surface area contributed by atoms with Crippen LogP contribution in [0.4, 0.5) is 0 Å². The number of aryl methyl sites for hydroxylation is 1. The predicted octanol–water partition coefficient (Wildman–Crippen LogP) is 4.20. The lowest BCUT2D eigenvalue weighted by Crippen LogP contribution is -1.75. The van der Waals surface area contributed by atoms with Gasteiger partial charge in [-0.2, -0.15) is 0 Å². The predicted molar refractivity (Wildman–Crippen MR) is 59.4 cm³/mol. The molecule has 0 bridgehead atoms. The molecular formula is C10H18BrN. The van der Waals surface area contributed by atoms with Gasteiger partial charge in [-0.1, -0.05) is 43.6 Å². The Bertz CT molecular complexity index is 170. The molecule has 1 aromatic heterocycles. The first-order chi connectivity index (χ1) is 5.79. The van der Waals surface area contributed by atoms with Gasteiger partial charge in [-0.15, -0.1) is 0 Å². The third kappa shape index (κ3) is 7.73. The van der Waals surface area contributed by atoms with E-state index < -0.39 is 0 Å². The van der Waals surface area contributed by atoms with Gasteiger partial charge in [-0.05, 0) is 19.1 Å². The average molecular weight is 232 g/mol. The molecule has 12 heavy (non-hydrogen) atoms. The lowest BCUT2D eigenvalue weighted by molar-refractivity contribution is 1.19. The van der Waals surface area contributed by atoms with E-state index in [0.29, 0.717) is 0 Å². The van der Waals surface area contributed by atoms with Gasteiger partial charge in [0.05, 0.1) is 0 Å². The van der Waals surface area contributed by atoms with E-state index in [4.69, 9.17) is 0 Å². The maximum absolute atomic E-state index is 4.01. The number of nitrogens with zero attached hydrogens (tertiary/aromatic N) is 1. The van der Waals surface area contributed by atoms with Crippen molar-refractivity contribution in [3.05, 3.63) is 28.5 Å². The van der Waals surface area contributed by atoms with E-state index in [1.165, 1.54) is 0 Å². The van der Waals surface area contributed by atoms with Gasteiger partial charge in [0.2, 0.25) is 0 Å². The van der Waals surface area contributed by atoms with Crippen LogP contribution in [0.5, 0.6) is 0 Å². The SMILES string of the molecule is CC.CC.Cc1cc(Br)ccn1. The van der Waals surface area contributed by atoms with E-state index in [1.807, 2.05) is 46.8 Å². The fourth-order valence-corrected chi connectivity index (χ4v) is 0.960. The Morgan fingerprint density at radius 2 is 1.67 bits per heavy atom. The highest BCUT2D eigenvalue weighted by Gasteiger charge is 1.83. The number of halogens is 1. The monoisotopic (exact) mass is 231 g/mol. The molecule has 0 N–H and O–H groups in total. The zero-order valence-corrected chi connectivity index (χ0v) is 10.1. The summed E-state index contributed by atoms with van der Waals surface area (Å²) in [6, 6.07) is 3.88. The van der Waals surface area contributed by atoms with E-state index in [2.05, 4.69) is 20.9 Å². The van der Waals surface area contributed by atoms with Gasteiger partial charge in [0, 0.05) is 16.4 Å². The normalized spacial score (nSPS) is 7.17. The Balaban J connectivity index is 0. The quantitative estimate of drug-likeness (QED) is 0.653. The average Bonchev–Trinajstić information content (AvgIpc) is 2.11. The maximum Gasteiger partial charge on any atom is 0.0383 e. The van der Waals surface area contributed by atoms with Gasteiger partial charge in [0.1, 0.15) is 0 Å². The molecule has 1 rings (SSSR count). The van der Waals surface area contributed by atoms with Crippen molar-refractivity contribution in [1.82, 2.24) is 4.98 Å².